The Kier molecular flexibility index (Phi) is 6.45. The number of rotatable bonds is 7. The second kappa shape index (κ2) is 9.32. The minimum Gasteiger partial charge on any atom is -0.495 e. The minimum absolute atomic E-state index is 0.169. The van der Waals surface area contributed by atoms with E-state index in [4.69, 9.17) is 4.74 Å². The molecule has 176 valence electrons. The predicted octanol–water partition coefficient (Wildman–Crippen LogP) is 4.80. The Morgan fingerprint density at radius 1 is 1.06 bits per heavy atom. The van der Waals surface area contributed by atoms with E-state index >= 15 is 0 Å². The van der Waals surface area contributed by atoms with Crippen LogP contribution in [0.1, 0.15) is 6.92 Å². The zero-order valence-electron chi connectivity index (χ0n) is 19.1. The number of ether oxygens (including phenoxy) is 1. The van der Waals surface area contributed by atoms with Crippen molar-refractivity contribution in [2.24, 2.45) is 0 Å². The SMILES string of the molecule is COc1ccc(-c2csc(NC(C)=O)n2)cc1NS(=O)(=O)c1cccc2c(N(C)C)cccc12. The highest BCUT2D eigenvalue weighted by atomic mass is 32.2. The van der Waals surface area contributed by atoms with E-state index in [1.165, 1.54) is 25.4 Å². The maximum atomic E-state index is 13.5. The molecule has 0 atom stereocenters. The number of sulfonamides is 1. The van der Waals surface area contributed by atoms with Crippen molar-refractivity contribution in [3.8, 4) is 17.0 Å². The van der Waals surface area contributed by atoms with Gasteiger partial charge in [-0.15, -0.1) is 11.3 Å². The summed E-state index contributed by atoms with van der Waals surface area (Å²) < 4.78 is 35.1. The molecule has 1 heterocycles. The van der Waals surface area contributed by atoms with E-state index in [2.05, 4.69) is 15.0 Å². The first-order chi connectivity index (χ1) is 16.2. The fourth-order valence-corrected chi connectivity index (χ4v) is 5.70. The minimum atomic E-state index is -3.95. The highest BCUT2D eigenvalue weighted by molar-refractivity contribution is 7.93. The summed E-state index contributed by atoms with van der Waals surface area (Å²) in [6.45, 7) is 1.41. The van der Waals surface area contributed by atoms with Crippen molar-refractivity contribution in [1.82, 2.24) is 4.98 Å². The molecule has 4 rings (SSSR count). The number of nitrogens with zero attached hydrogens (tertiary/aromatic N) is 2. The van der Waals surface area contributed by atoms with Crippen molar-refractivity contribution in [3.05, 3.63) is 60.0 Å². The van der Waals surface area contributed by atoms with Crippen LogP contribution in [0, 0.1) is 0 Å². The van der Waals surface area contributed by atoms with E-state index in [0.717, 1.165) is 11.1 Å². The third-order valence-electron chi connectivity index (χ3n) is 5.16. The van der Waals surface area contributed by atoms with Crippen LogP contribution in [0.15, 0.2) is 64.9 Å². The number of nitrogens with one attached hydrogen (secondary N) is 2. The van der Waals surface area contributed by atoms with Gasteiger partial charge in [-0.1, -0.05) is 24.3 Å². The summed E-state index contributed by atoms with van der Waals surface area (Å²) in [5, 5.41) is 6.36. The van der Waals surface area contributed by atoms with Crippen molar-refractivity contribution < 1.29 is 17.9 Å². The van der Waals surface area contributed by atoms with Crippen LogP contribution in [0.2, 0.25) is 0 Å². The highest BCUT2D eigenvalue weighted by Crippen LogP contribution is 2.35. The number of aromatic nitrogens is 1. The first kappa shape index (κ1) is 23.5. The summed E-state index contributed by atoms with van der Waals surface area (Å²) in [7, 11) is 1.36. The van der Waals surface area contributed by atoms with E-state index in [0.29, 0.717) is 27.5 Å². The summed E-state index contributed by atoms with van der Waals surface area (Å²) in [4.78, 5) is 17.8. The average Bonchev–Trinajstić information content (AvgIpc) is 3.25. The molecule has 1 aromatic heterocycles. The number of carbonyl (C=O) groups is 1. The normalized spacial score (nSPS) is 11.3. The Morgan fingerprint density at radius 2 is 1.79 bits per heavy atom. The Morgan fingerprint density at radius 3 is 2.50 bits per heavy atom. The van der Waals surface area contributed by atoms with Gasteiger partial charge in [0.05, 0.1) is 23.4 Å². The summed E-state index contributed by atoms with van der Waals surface area (Å²) in [6.07, 6.45) is 0. The van der Waals surface area contributed by atoms with Crippen LogP contribution in [0.25, 0.3) is 22.0 Å². The lowest BCUT2D eigenvalue weighted by atomic mass is 10.1. The molecular weight excluding hydrogens is 472 g/mol. The zero-order chi connectivity index (χ0) is 24.5. The van der Waals surface area contributed by atoms with Gasteiger partial charge in [0.1, 0.15) is 5.75 Å². The molecule has 0 spiro atoms. The van der Waals surface area contributed by atoms with Gasteiger partial charge in [-0.25, -0.2) is 13.4 Å². The van der Waals surface area contributed by atoms with Crippen molar-refractivity contribution in [2.45, 2.75) is 11.8 Å². The Hall–Kier alpha value is -3.63. The molecule has 1 amide bonds. The first-order valence-electron chi connectivity index (χ1n) is 10.3. The summed E-state index contributed by atoms with van der Waals surface area (Å²) >= 11 is 1.29. The number of hydrogen-bond acceptors (Lipinski definition) is 7. The molecule has 8 nitrogen and oxygen atoms in total. The Labute approximate surface area is 202 Å². The van der Waals surface area contributed by atoms with Gasteiger partial charge in [0.2, 0.25) is 5.91 Å². The van der Waals surface area contributed by atoms with Gasteiger partial charge >= 0.3 is 0 Å². The van der Waals surface area contributed by atoms with Crippen LogP contribution in [0.5, 0.6) is 5.75 Å². The molecule has 0 unspecified atom stereocenters. The molecule has 0 aliphatic heterocycles. The summed E-state index contributed by atoms with van der Waals surface area (Å²) in [5.74, 6) is 0.162. The lowest BCUT2D eigenvalue weighted by Gasteiger charge is -2.18. The maximum Gasteiger partial charge on any atom is 0.262 e. The average molecular weight is 497 g/mol. The lowest BCUT2D eigenvalue weighted by molar-refractivity contribution is -0.114. The van der Waals surface area contributed by atoms with Crippen molar-refractivity contribution >= 4 is 54.5 Å². The Bertz CT molecular complexity index is 1480. The predicted molar refractivity (Wildman–Crippen MR) is 137 cm³/mol. The van der Waals surface area contributed by atoms with Gasteiger partial charge in [0, 0.05) is 48.4 Å². The van der Waals surface area contributed by atoms with Gasteiger partial charge in [-0.2, -0.15) is 0 Å². The maximum absolute atomic E-state index is 13.5. The number of carbonyl (C=O) groups excluding carboxylic acids is 1. The van der Waals surface area contributed by atoms with Crippen LogP contribution < -0.4 is 19.7 Å². The quantitative estimate of drug-likeness (QED) is 0.381. The van der Waals surface area contributed by atoms with Crippen molar-refractivity contribution in [1.29, 1.82) is 0 Å². The number of methoxy groups -OCH3 is 1. The van der Waals surface area contributed by atoms with Gasteiger partial charge < -0.3 is 15.0 Å². The van der Waals surface area contributed by atoms with Gasteiger partial charge in [0.15, 0.2) is 5.13 Å². The molecule has 3 aromatic carbocycles. The fourth-order valence-electron chi connectivity index (χ4n) is 3.65. The third-order valence-corrected chi connectivity index (χ3v) is 7.34. The third kappa shape index (κ3) is 4.68. The number of anilines is 3. The van der Waals surface area contributed by atoms with Crippen LogP contribution in [-0.4, -0.2) is 40.5 Å². The summed E-state index contributed by atoms with van der Waals surface area (Å²) in [6, 6.07) is 15.9. The zero-order valence-corrected chi connectivity index (χ0v) is 20.8. The summed E-state index contributed by atoms with van der Waals surface area (Å²) in [5.41, 5.74) is 2.50. The molecule has 0 bridgehead atoms. The molecule has 0 saturated heterocycles. The molecule has 2 N–H and O–H groups in total. The monoisotopic (exact) mass is 496 g/mol. The molecule has 0 fully saturated rings. The first-order valence-corrected chi connectivity index (χ1v) is 12.7. The Balaban J connectivity index is 1.75. The standard InChI is InChI=1S/C24H24N4O4S2/c1-15(29)25-24-26-20(14-33-24)16-11-12-22(32-4)19(13-16)27-34(30,31)23-10-6-7-17-18(23)8-5-9-21(17)28(2)3/h5-14,27H,1-4H3,(H,25,26,29). The number of amides is 1. The number of benzene rings is 3. The van der Waals surface area contributed by atoms with Crippen molar-refractivity contribution in [3.63, 3.8) is 0 Å². The topological polar surface area (TPSA) is 101 Å². The smallest absolute Gasteiger partial charge is 0.262 e. The fraction of sp³-hybridized carbons (Fsp3) is 0.167. The van der Waals surface area contributed by atoms with E-state index in [1.54, 1.807) is 41.8 Å². The largest absolute Gasteiger partial charge is 0.495 e. The molecule has 10 heteroatoms. The van der Waals surface area contributed by atoms with Crippen LogP contribution in [-0.2, 0) is 14.8 Å². The van der Waals surface area contributed by atoms with Crippen LogP contribution >= 0.6 is 11.3 Å². The lowest BCUT2D eigenvalue weighted by Crippen LogP contribution is -2.15. The van der Waals surface area contributed by atoms with Crippen molar-refractivity contribution in [2.75, 3.05) is 36.1 Å². The molecule has 0 radical (unpaired) electrons. The van der Waals surface area contributed by atoms with E-state index in [-0.39, 0.29) is 16.5 Å². The van der Waals surface area contributed by atoms with E-state index in [1.807, 2.05) is 37.2 Å². The van der Waals surface area contributed by atoms with Gasteiger partial charge in [-0.3, -0.25) is 9.52 Å². The van der Waals surface area contributed by atoms with Gasteiger partial charge in [0.25, 0.3) is 10.0 Å². The molecule has 0 saturated carbocycles. The van der Waals surface area contributed by atoms with Crippen LogP contribution in [0.4, 0.5) is 16.5 Å². The number of fused-ring (bicyclic) bond motifs is 1. The molecular formula is C24H24N4O4S2. The number of thiazole rings is 1. The highest BCUT2D eigenvalue weighted by Gasteiger charge is 2.21. The molecule has 4 aromatic rings. The van der Waals surface area contributed by atoms with E-state index in [9.17, 15) is 13.2 Å². The van der Waals surface area contributed by atoms with Gasteiger partial charge in [-0.05, 0) is 30.3 Å². The number of hydrogen-bond donors (Lipinski definition) is 2. The molecule has 0 aliphatic rings. The second-order valence-electron chi connectivity index (χ2n) is 7.76. The second-order valence-corrected chi connectivity index (χ2v) is 10.3. The van der Waals surface area contributed by atoms with E-state index < -0.39 is 10.0 Å². The van der Waals surface area contributed by atoms with Crippen LogP contribution in [0.3, 0.4) is 0 Å². The molecule has 0 aliphatic carbocycles. The molecule has 34 heavy (non-hydrogen) atoms.